The molecule has 5 heteroatoms. The lowest BCUT2D eigenvalue weighted by molar-refractivity contribution is -0.150. The largest absolute Gasteiger partial charge is 0.478 e. The van der Waals surface area contributed by atoms with Gasteiger partial charge in [0, 0.05) is 6.42 Å². The van der Waals surface area contributed by atoms with Crippen LogP contribution in [0.4, 0.5) is 0 Å². The fourth-order valence-corrected chi connectivity index (χ4v) is 1.22. The summed E-state index contributed by atoms with van der Waals surface area (Å²) in [6.45, 7) is 0. The molecule has 0 aromatic heterocycles. The van der Waals surface area contributed by atoms with Crippen molar-refractivity contribution in [1.82, 2.24) is 0 Å². The lowest BCUT2D eigenvalue weighted by atomic mass is 10.1. The summed E-state index contributed by atoms with van der Waals surface area (Å²) in [4.78, 5) is 24.6. The van der Waals surface area contributed by atoms with E-state index < -0.39 is 12.1 Å². The summed E-state index contributed by atoms with van der Waals surface area (Å²) in [7, 11) is 0. The molecule has 0 spiro atoms. The van der Waals surface area contributed by atoms with E-state index in [0.717, 1.165) is 5.56 Å². The van der Waals surface area contributed by atoms with Crippen molar-refractivity contribution in [2.24, 2.45) is 5.34 Å². The molecule has 15 heavy (non-hydrogen) atoms. The molecule has 1 N–H and O–H groups in total. The molecule has 0 amide bonds. The Bertz CT molecular complexity index is 325. The fraction of sp³-hybridized carbons (Fsp3) is 0.300. The van der Waals surface area contributed by atoms with Crippen molar-refractivity contribution in [3.63, 3.8) is 0 Å². The second-order valence-corrected chi connectivity index (χ2v) is 3.03. The third-order valence-electron chi connectivity index (χ3n) is 1.98. The first kappa shape index (κ1) is 11.2. The minimum absolute atomic E-state index is 0.227. The van der Waals surface area contributed by atoms with E-state index in [1.165, 1.54) is 0 Å². The standard InChI is InChI=1S/C10H11NO4/c12-10(13)9(15-11-14)7-6-8-4-2-1-3-5-8/h1-5,9H,6-7H2,(H,12,13). The highest BCUT2D eigenvalue weighted by atomic mass is 16.7. The molecule has 5 nitrogen and oxygen atoms in total. The minimum atomic E-state index is -1.18. The average molecular weight is 209 g/mol. The lowest BCUT2D eigenvalue weighted by Gasteiger charge is -2.07. The van der Waals surface area contributed by atoms with Crippen LogP contribution in [0.15, 0.2) is 35.7 Å². The van der Waals surface area contributed by atoms with Crippen molar-refractivity contribution in [3.8, 4) is 0 Å². The summed E-state index contributed by atoms with van der Waals surface area (Å²) in [5.41, 5.74) is 0.998. The molecule has 0 fully saturated rings. The van der Waals surface area contributed by atoms with Crippen LogP contribution in [-0.4, -0.2) is 17.2 Å². The maximum absolute atomic E-state index is 10.6. The predicted molar refractivity (Wildman–Crippen MR) is 53.1 cm³/mol. The van der Waals surface area contributed by atoms with Crippen molar-refractivity contribution in [1.29, 1.82) is 0 Å². The molecule has 0 aliphatic rings. The number of nitrogens with zero attached hydrogens (tertiary/aromatic N) is 1. The molecule has 1 atom stereocenters. The molecular formula is C10H11NO4. The van der Waals surface area contributed by atoms with Crippen LogP contribution in [0.2, 0.25) is 0 Å². The van der Waals surface area contributed by atoms with E-state index in [1.807, 2.05) is 30.3 Å². The second-order valence-electron chi connectivity index (χ2n) is 3.03. The van der Waals surface area contributed by atoms with Gasteiger partial charge in [0.25, 0.3) is 0 Å². The lowest BCUT2D eigenvalue weighted by Crippen LogP contribution is -2.22. The second kappa shape index (κ2) is 5.74. The van der Waals surface area contributed by atoms with Crippen LogP contribution >= 0.6 is 0 Å². The third-order valence-corrected chi connectivity index (χ3v) is 1.98. The van der Waals surface area contributed by atoms with Gasteiger partial charge < -0.3 is 9.94 Å². The van der Waals surface area contributed by atoms with Gasteiger partial charge in [0.2, 0.25) is 6.10 Å². The number of aryl methyl sites for hydroxylation is 1. The number of aliphatic carboxylic acids is 1. The Morgan fingerprint density at radius 2 is 2.07 bits per heavy atom. The maximum Gasteiger partial charge on any atom is 0.347 e. The van der Waals surface area contributed by atoms with Gasteiger partial charge in [-0.1, -0.05) is 30.3 Å². The molecule has 0 radical (unpaired) electrons. The molecule has 0 aliphatic carbocycles. The van der Waals surface area contributed by atoms with E-state index >= 15 is 0 Å². The molecule has 0 saturated heterocycles. The first-order valence-electron chi connectivity index (χ1n) is 4.49. The van der Waals surface area contributed by atoms with Crippen LogP contribution in [0, 0.1) is 4.91 Å². The van der Waals surface area contributed by atoms with Crippen LogP contribution in [0.25, 0.3) is 0 Å². The van der Waals surface area contributed by atoms with Gasteiger partial charge in [-0.3, -0.25) is 0 Å². The monoisotopic (exact) mass is 209 g/mol. The van der Waals surface area contributed by atoms with Crippen molar-refractivity contribution in [3.05, 3.63) is 40.8 Å². The highest BCUT2D eigenvalue weighted by Gasteiger charge is 2.19. The van der Waals surface area contributed by atoms with Crippen LogP contribution in [-0.2, 0) is 16.1 Å². The number of rotatable bonds is 6. The highest BCUT2D eigenvalue weighted by Crippen LogP contribution is 2.07. The quantitative estimate of drug-likeness (QED) is 0.572. The maximum atomic E-state index is 10.6. The smallest absolute Gasteiger partial charge is 0.347 e. The average Bonchev–Trinajstić information content (AvgIpc) is 2.25. The van der Waals surface area contributed by atoms with E-state index in [-0.39, 0.29) is 6.42 Å². The number of carboxylic acids is 1. The van der Waals surface area contributed by atoms with Crippen LogP contribution in [0.3, 0.4) is 0 Å². The van der Waals surface area contributed by atoms with Gasteiger partial charge >= 0.3 is 5.97 Å². The summed E-state index contributed by atoms with van der Waals surface area (Å²) < 4.78 is 0. The summed E-state index contributed by atoms with van der Waals surface area (Å²) in [5, 5.41) is 10.8. The van der Waals surface area contributed by atoms with Crippen LogP contribution in [0.5, 0.6) is 0 Å². The summed E-state index contributed by atoms with van der Waals surface area (Å²) in [5.74, 6) is -1.18. The van der Waals surface area contributed by atoms with Crippen LogP contribution < -0.4 is 0 Å². The van der Waals surface area contributed by atoms with Crippen LogP contribution in [0.1, 0.15) is 12.0 Å². The summed E-state index contributed by atoms with van der Waals surface area (Å²) in [6.07, 6.45) is -0.402. The number of carboxylic acid groups (broad SMARTS) is 1. The SMILES string of the molecule is O=NOC(CCc1ccccc1)C(=O)O. The predicted octanol–water partition coefficient (Wildman–Crippen LogP) is 1.77. The molecule has 0 bridgehead atoms. The zero-order valence-corrected chi connectivity index (χ0v) is 8.00. The topological polar surface area (TPSA) is 76.0 Å². The van der Waals surface area contributed by atoms with Crippen molar-refractivity contribution >= 4 is 5.97 Å². The van der Waals surface area contributed by atoms with Gasteiger partial charge in [-0.05, 0) is 12.0 Å². The third kappa shape index (κ3) is 3.76. The Labute approximate surface area is 86.6 Å². The zero-order valence-electron chi connectivity index (χ0n) is 8.00. The molecule has 1 aromatic rings. The number of hydrogen-bond acceptors (Lipinski definition) is 4. The summed E-state index contributed by atoms with van der Waals surface area (Å²) >= 11 is 0. The van der Waals surface area contributed by atoms with E-state index in [2.05, 4.69) is 10.2 Å². The normalized spacial score (nSPS) is 11.7. The Hall–Kier alpha value is -1.91. The highest BCUT2D eigenvalue weighted by molar-refractivity contribution is 5.72. The molecule has 0 aliphatic heterocycles. The fourth-order valence-electron chi connectivity index (χ4n) is 1.22. The van der Waals surface area contributed by atoms with Gasteiger partial charge in [0.05, 0.1) is 0 Å². The number of benzene rings is 1. The van der Waals surface area contributed by atoms with Crippen molar-refractivity contribution < 1.29 is 14.7 Å². The van der Waals surface area contributed by atoms with Crippen molar-refractivity contribution in [2.75, 3.05) is 0 Å². The van der Waals surface area contributed by atoms with E-state index in [1.54, 1.807) is 0 Å². The van der Waals surface area contributed by atoms with E-state index in [0.29, 0.717) is 6.42 Å². The molecule has 80 valence electrons. The zero-order chi connectivity index (χ0) is 11.1. The minimum Gasteiger partial charge on any atom is -0.478 e. The van der Waals surface area contributed by atoms with Gasteiger partial charge in [-0.2, -0.15) is 0 Å². The molecule has 0 heterocycles. The van der Waals surface area contributed by atoms with Gasteiger partial charge in [0.15, 0.2) is 5.34 Å². The van der Waals surface area contributed by atoms with Gasteiger partial charge in [0.1, 0.15) is 0 Å². The number of hydrogen-bond donors (Lipinski definition) is 1. The van der Waals surface area contributed by atoms with E-state index in [4.69, 9.17) is 5.11 Å². The molecule has 1 aromatic carbocycles. The first-order chi connectivity index (χ1) is 7.24. The van der Waals surface area contributed by atoms with Crippen molar-refractivity contribution in [2.45, 2.75) is 18.9 Å². The molecule has 1 unspecified atom stereocenters. The Morgan fingerprint density at radius 1 is 1.40 bits per heavy atom. The van der Waals surface area contributed by atoms with E-state index in [9.17, 15) is 9.70 Å². The number of carbonyl (C=O) groups is 1. The Morgan fingerprint density at radius 3 is 2.60 bits per heavy atom. The Balaban J connectivity index is 2.47. The van der Waals surface area contributed by atoms with Gasteiger partial charge in [-0.25, -0.2) is 4.79 Å². The Kier molecular flexibility index (Phi) is 4.28. The van der Waals surface area contributed by atoms with Gasteiger partial charge in [-0.15, -0.1) is 4.91 Å². The first-order valence-corrected chi connectivity index (χ1v) is 4.49. The molecular weight excluding hydrogens is 198 g/mol. The molecule has 0 saturated carbocycles. The summed E-state index contributed by atoms with van der Waals surface area (Å²) in [6, 6.07) is 9.37. The molecule has 1 rings (SSSR count).